The maximum atomic E-state index is 13.0. The molecule has 0 fully saturated rings. The number of carbonyl (C=O) groups is 4. The van der Waals surface area contributed by atoms with Crippen LogP contribution in [0.3, 0.4) is 0 Å². The molecule has 0 spiro atoms. The number of esters is 4. The first-order valence-corrected chi connectivity index (χ1v) is 39.3. The van der Waals surface area contributed by atoms with E-state index in [4.69, 9.17) is 37.0 Å². The van der Waals surface area contributed by atoms with Crippen molar-refractivity contribution in [3.63, 3.8) is 0 Å². The maximum Gasteiger partial charge on any atom is 0.472 e. The highest BCUT2D eigenvalue weighted by molar-refractivity contribution is 7.47. The van der Waals surface area contributed by atoms with E-state index in [1.807, 2.05) is 0 Å². The number of hydrogen-bond donors (Lipinski definition) is 3. The third kappa shape index (κ3) is 64.6. The number of aliphatic hydroxyl groups excluding tert-OH is 1. The highest BCUT2D eigenvalue weighted by Gasteiger charge is 2.30. The molecule has 19 heteroatoms. The molecule has 3 N–H and O–H groups in total. The fourth-order valence-corrected chi connectivity index (χ4v) is 12.1. The summed E-state index contributed by atoms with van der Waals surface area (Å²) in [5, 5.41) is 10.6. The molecule has 89 heavy (non-hydrogen) atoms. The molecule has 0 aromatic rings. The normalized spacial score (nSPS) is 14.2. The van der Waals surface area contributed by atoms with Gasteiger partial charge in [-0.15, -0.1) is 0 Å². The molecule has 17 nitrogen and oxygen atoms in total. The van der Waals surface area contributed by atoms with E-state index in [2.05, 4.69) is 48.5 Å². The van der Waals surface area contributed by atoms with Crippen LogP contribution in [0.2, 0.25) is 0 Å². The van der Waals surface area contributed by atoms with Crippen molar-refractivity contribution in [1.29, 1.82) is 0 Å². The predicted octanol–water partition coefficient (Wildman–Crippen LogP) is 19.8. The van der Waals surface area contributed by atoms with Crippen LogP contribution in [0.15, 0.2) is 0 Å². The smallest absolute Gasteiger partial charge is 0.462 e. The Hall–Kier alpha value is -1.94. The zero-order valence-corrected chi connectivity index (χ0v) is 59.7. The first-order valence-electron chi connectivity index (χ1n) is 36.3. The standard InChI is InChI=1S/C70H136O17P2/c1-8-9-10-11-12-13-23-30-37-44-51-67(72)80-58-66(87-70(75)54-47-40-33-26-29-36-43-50-63(6)7)60-85-89(78,79)83-56-64(71)55-82-88(76,77)84-59-65(57-81-68(73)52-45-38-31-25-20-22-28-35-42-49-62(4)5)86-69(74)53-46-39-32-24-19-17-15-14-16-18-21-27-34-41-48-61(2)3/h61-66,71H,8-60H2,1-7H3,(H,76,77)(H,78,79)/t64-,65-,66-/m1/s1. The van der Waals surface area contributed by atoms with Crippen LogP contribution in [0.4, 0.5) is 0 Å². The molecule has 0 aliphatic carbocycles. The van der Waals surface area contributed by atoms with Crippen molar-refractivity contribution in [2.45, 2.75) is 369 Å². The van der Waals surface area contributed by atoms with Gasteiger partial charge in [0.1, 0.15) is 19.3 Å². The topological polar surface area (TPSA) is 237 Å². The summed E-state index contributed by atoms with van der Waals surface area (Å²) in [6.45, 7) is 11.8. The van der Waals surface area contributed by atoms with Gasteiger partial charge in [0.15, 0.2) is 12.2 Å². The fraction of sp³-hybridized carbons (Fsp3) is 0.943. The van der Waals surface area contributed by atoms with Gasteiger partial charge in [0, 0.05) is 25.7 Å². The van der Waals surface area contributed by atoms with Gasteiger partial charge >= 0.3 is 39.5 Å². The Labute approximate surface area is 543 Å². The Balaban J connectivity index is 5.23. The second-order valence-corrected chi connectivity index (χ2v) is 29.6. The second-order valence-electron chi connectivity index (χ2n) is 26.7. The summed E-state index contributed by atoms with van der Waals surface area (Å²) >= 11 is 0. The highest BCUT2D eigenvalue weighted by atomic mass is 31.2. The van der Waals surface area contributed by atoms with Gasteiger partial charge in [0.25, 0.3) is 0 Å². The molecule has 528 valence electrons. The van der Waals surface area contributed by atoms with E-state index in [0.29, 0.717) is 31.6 Å². The Morgan fingerprint density at radius 1 is 0.303 bits per heavy atom. The summed E-state index contributed by atoms with van der Waals surface area (Å²) in [7, 11) is -9.90. The number of unbranched alkanes of at least 4 members (excludes halogenated alkanes) is 36. The van der Waals surface area contributed by atoms with E-state index in [0.717, 1.165) is 102 Å². The van der Waals surface area contributed by atoms with Crippen LogP contribution in [-0.2, 0) is 65.4 Å². The molecule has 0 rings (SSSR count). The maximum absolute atomic E-state index is 13.0. The van der Waals surface area contributed by atoms with E-state index < -0.39 is 97.5 Å². The lowest BCUT2D eigenvalue weighted by atomic mass is 10.0. The summed E-state index contributed by atoms with van der Waals surface area (Å²) in [5.41, 5.74) is 0. The number of ether oxygens (including phenoxy) is 4. The molecule has 0 saturated carbocycles. The molecular weight excluding hydrogens is 1170 g/mol. The lowest BCUT2D eigenvalue weighted by Crippen LogP contribution is -2.30. The minimum Gasteiger partial charge on any atom is -0.462 e. The third-order valence-electron chi connectivity index (χ3n) is 16.1. The van der Waals surface area contributed by atoms with Crippen LogP contribution in [-0.4, -0.2) is 96.7 Å². The number of aliphatic hydroxyl groups is 1. The zero-order valence-electron chi connectivity index (χ0n) is 57.9. The lowest BCUT2D eigenvalue weighted by Gasteiger charge is -2.21. The number of phosphoric ester groups is 2. The van der Waals surface area contributed by atoms with Crippen LogP contribution >= 0.6 is 15.6 Å². The molecule has 0 aromatic heterocycles. The number of carbonyl (C=O) groups excluding carboxylic acids is 4. The quantitative estimate of drug-likeness (QED) is 0.0222. The molecular formula is C70H136O17P2. The van der Waals surface area contributed by atoms with Crippen molar-refractivity contribution in [2.75, 3.05) is 39.6 Å². The largest absolute Gasteiger partial charge is 0.472 e. The van der Waals surface area contributed by atoms with Crippen molar-refractivity contribution in [3.8, 4) is 0 Å². The summed E-state index contributed by atoms with van der Waals surface area (Å²) in [6.07, 6.45) is 44.5. The van der Waals surface area contributed by atoms with Crippen molar-refractivity contribution in [1.82, 2.24) is 0 Å². The minimum atomic E-state index is -4.95. The van der Waals surface area contributed by atoms with Gasteiger partial charge in [0.05, 0.1) is 26.4 Å². The monoisotopic (exact) mass is 1310 g/mol. The van der Waals surface area contributed by atoms with Gasteiger partial charge in [-0.25, -0.2) is 9.13 Å². The SMILES string of the molecule is CCCCCCCCCCCCC(=O)OC[C@H](COP(=O)(O)OC[C@H](O)COP(=O)(O)OC[C@@H](COC(=O)CCCCCCCCCCCC(C)C)OC(=O)CCCCCCCCCCCCCCCCC(C)C)OC(=O)CCCCCCCCCC(C)C. The van der Waals surface area contributed by atoms with Gasteiger partial charge in [0.2, 0.25) is 0 Å². The van der Waals surface area contributed by atoms with E-state index in [1.54, 1.807) is 0 Å². The minimum absolute atomic E-state index is 0.103. The molecule has 0 bridgehead atoms. The van der Waals surface area contributed by atoms with Crippen molar-refractivity contribution < 1.29 is 80.2 Å². The number of phosphoric acid groups is 2. The van der Waals surface area contributed by atoms with E-state index >= 15 is 0 Å². The Morgan fingerprint density at radius 3 is 0.764 bits per heavy atom. The molecule has 0 aliphatic heterocycles. The molecule has 0 amide bonds. The third-order valence-corrected chi connectivity index (χ3v) is 18.0. The van der Waals surface area contributed by atoms with Crippen LogP contribution in [0.25, 0.3) is 0 Å². The van der Waals surface area contributed by atoms with Crippen LogP contribution in [0.5, 0.6) is 0 Å². The van der Waals surface area contributed by atoms with Gasteiger partial charge in [-0.3, -0.25) is 37.3 Å². The van der Waals surface area contributed by atoms with Gasteiger partial charge in [-0.1, -0.05) is 299 Å². The number of hydrogen-bond acceptors (Lipinski definition) is 15. The number of rotatable bonds is 68. The molecule has 0 aromatic carbocycles. The predicted molar refractivity (Wildman–Crippen MR) is 358 cm³/mol. The Kier molecular flexibility index (Phi) is 59.6. The molecule has 0 saturated heterocycles. The van der Waals surface area contributed by atoms with Crippen molar-refractivity contribution in [2.24, 2.45) is 17.8 Å². The van der Waals surface area contributed by atoms with Crippen molar-refractivity contribution in [3.05, 3.63) is 0 Å². The summed E-state index contributed by atoms with van der Waals surface area (Å²) in [5.74, 6) is 0.106. The first kappa shape index (κ1) is 87.1. The second kappa shape index (κ2) is 61.0. The average Bonchev–Trinajstić information content (AvgIpc) is 3.70. The summed E-state index contributed by atoms with van der Waals surface area (Å²) in [4.78, 5) is 72.5. The van der Waals surface area contributed by atoms with Crippen LogP contribution < -0.4 is 0 Å². The molecule has 0 radical (unpaired) electrons. The summed E-state index contributed by atoms with van der Waals surface area (Å²) < 4.78 is 68.2. The Bertz CT molecular complexity index is 1750. The lowest BCUT2D eigenvalue weighted by molar-refractivity contribution is -0.161. The molecule has 0 heterocycles. The van der Waals surface area contributed by atoms with Crippen LogP contribution in [0.1, 0.15) is 350 Å². The molecule has 0 aliphatic rings. The average molecular weight is 1310 g/mol. The van der Waals surface area contributed by atoms with Gasteiger partial charge < -0.3 is 33.8 Å². The van der Waals surface area contributed by atoms with E-state index in [-0.39, 0.29) is 25.7 Å². The first-order chi connectivity index (χ1) is 42.7. The van der Waals surface area contributed by atoms with E-state index in [9.17, 15) is 43.2 Å². The fourth-order valence-electron chi connectivity index (χ4n) is 10.5. The van der Waals surface area contributed by atoms with E-state index in [1.165, 1.54) is 161 Å². The molecule has 2 unspecified atom stereocenters. The Morgan fingerprint density at radius 2 is 0.517 bits per heavy atom. The zero-order chi connectivity index (χ0) is 65.9. The van der Waals surface area contributed by atoms with Crippen molar-refractivity contribution >= 4 is 39.5 Å². The summed E-state index contributed by atoms with van der Waals surface area (Å²) in [6, 6.07) is 0. The van der Waals surface area contributed by atoms with Gasteiger partial charge in [-0.2, -0.15) is 0 Å². The highest BCUT2D eigenvalue weighted by Crippen LogP contribution is 2.45. The van der Waals surface area contributed by atoms with Crippen LogP contribution in [0, 0.1) is 17.8 Å². The van der Waals surface area contributed by atoms with Gasteiger partial charge in [-0.05, 0) is 43.4 Å². The molecule has 5 atom stereocenters.